The summed E-state index contributed by atoms with van der Waals surface area (Å²) in [5.74, 6) is 0. The summed E-state index contributed by atoms with van der Waals surface area (Å²) in [4.78, 5) is 6.66. The maximum atomic E-state index is 2.59. The maximum absolute atomic E-state index is 2.59. The number of nitrogens with zero attached hydrogens (tertiary/aromatic N) is 2. The minimum Gasteiger partial charge on any atom is -0.311 e. The molecule has 320 valence electrons. The Labute approximate surface area is 394 Å². The van der Waals surface area contributed by atoms with E-state index >= 15 is 0 Å². The Morgan fingerprint density at radius 1 is 0.470 bits per heavy atom. The van der Waals surface area contributed by atoms with Crippen molar-refractivity contribution in [3.63, 3.8) is 0 Å². The lowest BCUT2D eigenvalue weighted by molar-refractivity contribution is 0.590. The fourth-order valence-electron chi connectivity index (χ4n) is 10.9. The van der Waals surface area contributed by atoms with Gasteiger partial charge in [0.2, 0.25) is 0 Å². The molecule has 0 bridgehead atoms. The number of anilines is 6. The molecule has 1 aliphatic carbocycles. The lowest BCUT2D eigenvalue weighted by atomic mass is 9.33. The van der Waals surface area contributed by atoms with Gasteiger partial charge in [0, 0.05) is 54.5 Å². The van der Waals surface area contributed by atoms with Gasteiger partial charge in [-0.2, -0.15) is 0 Å². The first-order chi connectivity index (χ1) is 32.0. The third-order valence-corrected chi connectivity index (χ3v) is 15.5. The van der Waals surface area contributed by atoms with Gasteiger partial charge in [0.15, 0.2) is 0 Å². The average Bonchev–Trinajstić information content (AvgIpc) is 3.73. The van der Waals surface area contributed by atoms with Gasteiger partial charge < -0.3 is 9.80 Å². The predicted molar refractivity (Wildman–Crippen MR) is 286 cm³/mol. The number of hydrogen-bond donors (Lipinski definition) is 0. The number of aryl methyl sites for hydroxylation is 1. The summed E-state index contributed by atoms with van der Waals surface area (Å²) in [5, 5.41) is 1.37. The lowest BCUT2D eigenvalue weighted by Crippen LogP contribution is -2.61. The molecule has 0 unspecified atom stereocenters. The van der Waals surface area contributed by atoms with Gasteiger partial charge in [0.1, 0.15) is 0 Å². The van der Waals surface area contributed by atoms with Crippen molar-refractivity contribution in [2.75, 3.05) is 9.80 Å². The number of fused-ring (bicyclic) bond motifs is 7. The minimum absolute atomic E-state index is 0.0240. The fourth-order valence-corrected chi connectivity index (χ4v) is 12.1. The third kappa shape index (κ3) is 6.60. The van der Waals surface area contributed by atoms with Crippen LogP contribution in [0.4, 0.5) is 34.1 Å². The molecule has 0 fully saturated rings. The van der Waals surface area contributed by atoms with Gasteiger partial charge in [-0.25, -0.2) is 0 Å². The standard InChI is InChI=1S/C62H53BN2S/c1-61(2,3)44-30-34-50-55(38-44)64(46-32-27-42(28-33-46)47-22-15-26-58-59(47)48-21-13-14-25-57(48)66-58)53-23-16-24-54-60(53)63(50)51-35-31-45(62(4,5)6)39-56(51)65(54)52-36-29-43(40-17-9-7-10-18-40)37-49(52)41-19-11-8-12-20-41/h7-14,16-25,27-39H,15,26H2,1-6H3. The molecular weight excluding hydrogens is 816 g/mol. The quantitative estimate of drug-likeness (QED) is 0.159. The Kier molecular flexibility index (Phi) is 9.45. The Bertz CT molecular complexity index is 3380. The van der Waals surface area contributed by atoms with E-state index in [1.165, 1.54) is 116 Å². The second kappa shape index (κ2) is 15.4. The van der Waals surface area contributed by atoms with Crippen molar-refractivity contribution < 1.29 is 0 Å². The number of thiophene rings is 1. The molecule has 0 saturated carbocycles. The molecule has 0 N–H and O–H groups in total. The first kappa shape index (κ1) is 40.6. The molecule has 0 radical (unpaired) electrons. The van der Waals surface area contributed by atoms with Gasteiger partial charge in [-0.3, -0.25) is 0 Å². The Balaban J connectivity index is 1.08. The first-order valence-electron chi connectivity index (χ1n) is 23.6. The van der Waals surface area contributed by atoms with Crippen molar-refractivity contribution in [3.8, 4) is 22.3 Å². The van der Waals surface area contributed by atoms with Crippen molar-refractivity contribution in [1.82, 2.24) is 0 Å². The molecule has 0 spiro atoms. The zero-order valence-corrected chi connectivity index (χ0v) is 39.5. The highest BCUT2D eigenvalue weighted by atomic mass is 32.1. The molecule has 8 aromatic carbocycles. The average molecular weight is 869 g/mol. The fraction of sp³-hybridized carbons (Fsp3) is 0.161. The van der Waals surface area contributed by atoms with Crippen molar-refractivity contribution in [1.29, 1.82) is 0 Å². The first-order valence-corrected chi connectivity index (χ1v) is 24.4. The zero-order valence-electron chi connectivity index (χ0n) is 38.7. The predicted octanol–water partition coefficient (Wildman–Crippen LogP) is 15.3. The lowest BCUT2D eigenvalue weighted by Gasteiger charge is -2.45. The smallest absolute Gasteiger partial charge is 0.252 e. The number of allylic oxidation sites excluding steroid dienone is 1. The largest absolute Gasteiger partial charge is 0.311 e. The van der Waals surface area contributed by atoms with E-state index in [-0.39, 0.29) is 17.5 Å². The summed E-state index contributed by atoms with van der Waals surface area (Å²) in [6.45, 7) is 14.0. The molecule has 12 rings (SSSR count). The highest BCUT2D eigenvalue weighted by Gasteiger charge is 2.44. The monoisotopic (exact) mass is 868 g/mol. The Morgan fingerprint density at radius 3 is 1.73 bits per heavy atom. The topological polar surface area (TPSA) is 6.48 Å². The van der Waals surface area contributed by atoms with E-state index in [2.05, 4.69) is 239 Å². The molecule has 4 heteroatoms. The summed E-state index contributed by atoms with van der Waals surface area (Å²) in [6.07, 6.45) is 4.65. The normalized spacial score (nSPS) is 14.1. The van der Waals surface area contributed by atoms with Crippen LogP contribution in [0, 0.1) is 0 Å². The van der Waals surface area contributed by atoms with Crippen molar-refractivity contribution in [3.05, 3.63) is 215 Å². The minimum atomic E-state index is -0.0386. The Morgan fingerprint density at radius 2 is 1.06 bits per heavy atom. The highest BCUT2D eigenvalue weighted by molar-refractivity contribution is 7.19. The van der Waals surface area contributed by atoms with Crippen LogP contribution in [0.3, 0.4) is 0 Å². The van der Waals surface area contributed by atoms with Crippen LogP contribution in [0.1, 0.15) is 75.1 Å². The van der Waals surface area contributed by atoms with Crippen LogP contribution in [-0.4, -0.2) is 6.71 Å². The second-order valence-corrected chi connectivity index (χ2v) is 21.6. The number of rotatable bonds is 5. The summed E-state index contributed by atoms with van der Waals surface area (Å²) >= 11 is 1.96. The summed E-state index contributed by atoms with van der Waals surface area (Å²) in [6, 6.07) is 68.9. The molecule has 0 amide bonds. The maximum Gasteiger partial charge on any atom is 0.252 e. The van der Waals surface area contributed by atoms with E-state index in [0.717, 1.165) is 12.8 Å². The second-order valence-electron chi connectivity index (χ2n) is 20.4. The van der Waals surface area contributed by atoms with Crippen LogP contribution in [0.5, 0.6) is 0 Å². The van der Waals surface area contributed by atoms with Gasteiger partial charge in [0.25, 0.3) is 6.71 Å². The van der Waals surface area contributed by atoms with Crippen LogP contribution >= 0.6 is 11.3 Å². The van der Waals surface area contributed by atoms with E-state index in [9.17, 15) is 0 Å². The zero-order chi connectivity index (χ0) is 44.9. The van der Waals surface area contributed by atoms with E-state index < -0.39 is 0 Å². The Hall–Kier alpha value is -6.88. The van der Waals surface area contributed by atoms with Gasteiger partial charge in [0.05, 0.1) is 5.69 Å². The third-order valence-electron chi connectivity index (χ3n) is 14.3. The van der Waals surface area contributed by atoms with E-state index in [1.54, 1.807) is 0 Å². The molecule has 9 aromatic rings. The molecule has 0 atom stereocenters. The van der Waals surface area contributed by atoms with E-state index in [1.807, 2.05) is 11.3 Å². The summed E-state index contributed by atoms with van der Waals surface area (Å²) < 4.78 is 1.38. The summed E-state index contributed by atoms with van der Waals surface area (Å²) in [7, 11) is 0. The molecule has 2 aliphatic heterocycles. The molecule has 3 aliphatic rings. The molecule has 66 heavy (non-hydrogen) atoms. The highest BCUT2D eigenvalue weighted by Crippen LogP contribution is 2.49. The van der Waals surface area contributed by atoms with Gasteiger partial charge in [-0.1, -0.05) is 175 Å². The van der Waals surface area contributed by atoms with E-state index in [0.29, 0.717) is 0 Å². The van der Waals surface area contributed by atoms with Crippen LogP contribution in [-0.2, 0) is 17.3 Å². The van der Waals surface area contributed by atoms with Crippen molar-refractivity contribution in [2.45, 2.75) is 65.2 Å². The van der Waals surface area contributed by atoms with Crippen molar-refractivity contribution in [2.24, 2.45) is 0 Å². The SMILES string of the molecule is CC(C)(C)c1ccc2c(c1)N(c1ccc(C3=CCCc4sc5ccccc5c43)cc1)c1cccc3c1B2c1ccc(C(C)(C)C)cc1N3c1ccc(-c2ccccc2)cc1-c1ccccc1. The van der Waals surface area contributed by atoms with Crippen molar-refractivity contribution >= 4 is 84.2 Å². The van der Waals surface area contributed by atoms with E-state index in [4.69, 9.17) is 0 Å². The molecule has 0 saturated heterocycles. The molecular formula is C62H53BN2S. The van der Waals surface area contributed by atoms with Crippen LogP contribution in [0.25, 0.3) is 37.9 Å². The molecule has 2 nitrogen and oxygen atoms in total. The van der Waals surface area contributed by atoms with Gasteiger partial charge in [-0.15, -0.1) is 11.3 Å². The number of benzene rings is 8. The van der Waals surface area contributed by atoms with Crippen LogP contribution in [0.15, 0.2) is 188 Å². The molecule has 3 heterocycles. The van der Waals surface area contributed by atoms with Gasteiger partial charge >= 0.3 is 0 Å². The molecule has 1 aromatic heterocycles. The van der Waals surface area contributed by atoms with Crippen LogP contribution in [0.2, 0.25) is 0 Å². The van der Waals surface area contributed by atoms with Gasteiger partial charge in [-0.05, 0) is 134 Å². The van der Waals surface area contributed by atoms with Crippen LogP contribution < -0.4 is 26.2 Å². The number of hydrogen-bond acceptors (Lipinski definition) is 3. The summed E-state index contributed by atoms with van der Waals surface area (Å²) in [5.41, 5.74) is 22.8.